The highest BCUT2D eigenvalue weighted by atomic mass is 16.5. The summed E-state index contributed by atoms with van der Waals surface area (Å²) in [5.74, 6) is 1.80. The van der Waals surface area contributed by atoms with E-state index in [0.717, 1.165) is 62.9 Å². The lowest BCUT2D eigenvalue weighted by molar-refractivity contribution is 0.0906. The van der Waals surface area contributed by atoms with Crippen molar-refractivity contribution in [3.8, 4) is 5.75 Å². The molecule has 2 saturated heterocycles. The first kappa shape index (κ1) is 20.9. The average Bonchev–Trinajstić information content (AvgIpc) is 3.53. The Bertz CT molecular complexity index is 996. The summed E-state index contributed by atoms with van der Waals surface area (Å²) in [6.45, 7) is 5.17. The van der Waals surface area contributed by atoms with Crippen molar-refractivity contribution in [3.05, 3.63) is 66.0 Å². The summed E-state index contributed by atoms with van der Waals surface area (Å²) in [5.41, 5.74) is 2.36. The number of piperazine rings is 1. The van der Waals surface area contributed by atoms with Crippen molar-refractivity contribution in [3.63, 3.8) is 0 Å². The van der Waals surface area contributed by atoms with Gasteiger partial charge in [0.15, 0.2) is 5.82 Å². The molecule has 2 aromatic carbocycles. The molecule has 0 N–H and O–H groups in total. The molecule has 5 rings (SSSR count). The minimum atomic E-state index is 0.00687. The van der Waals surface area contributed by atoms with Crippen LogP contribution >= 0.6 is 0 Å². The minimum absolute atomic E-state index is 0.00687. The van der Waals surface area contributed by atoms with Crippen molar-refractivity contribution in [2.75, 3.05) is 44.8 Å². The van der Waals surface area contributed by atoms with Crippen LogP contribution in [0.2, 0.25) is 0 Å². The molecule has 8 heteroatoms. The van der Waals surface area contributed by atoms with Crippen LogP contribution in [-0.4, -0.2) is 71.1 Å². The lowest BCUT2D eigenvalue weighted by Crippen LogP contribution is -2.48. The fourth-order valence-electron chi connectivity index (χ4n) is 4.79. The number of rotatable bonds is 7. The van der Waals surface area contributed by atoms with E-state index < -0.39 is 0 Å². The molecule has 0 radical (unpaired) electrons. The maximum atomic E-state index is 5.85. The van der Waals surface area contributed by atoms with Gasteiger partial charge >= 0.3 is 0 Å². The zero-order valence-corrected chi connectivity index (χ0v) is 18.5. The van der Waals surface area contributed by atoms with E-state index in [2.05, 4.69) is 67.8 Å². The molecule has 32 heavy (non-hydrogen) atoms. The van der Waals surface area contributed by atoms with Gasteiger partial charge in [0.05, 0.1) is 31.5 Å². The monoisotopic (exact) mass is 434 g/mol. The maximum absolute atomic E-state index is 5.85. The Morgan fingerprint density at radius 3 is 2.56 bits per heavy atom. The third-order valence-electron chi connectivity index (χ3n) is 6.43. The number of hydrogen-bond acceptors (Lipinski definition) is 7. The van der Waals surface area contributed by atoms with Gasteiger partial charge in [-0.05, 0) is 41.0 Å². The molecule has 0 bridgehead atoms. The summed E-state index contributed by atoms with van der Waals surface area (Å²) >= 11 is 0. The topological polar surface area (TPSA) is 68.5 Å². The number of hydrogen-bond donors (Lipinski definition) is 0. The van der Waals surface area contributed by atoms with Gasteiger partial charge in [0, 0.05) is 32.8 Å². The van der Waals surface area contributed by atoms with Crippen LogP contribution in [0.4, 0.5) is 5.69 Å². The third kappa shape index (κ3) is 4.33. The van der Waals surface area contributed by atoms with Gasteiger partial charge in [0.2, 0.25) is 0 Å². The lowest BCUT2D eigenvalue weighted by atomic mass is 10.0. The normalized spacial score (nSPS) is 20.4. The second-order valence-corrected chi connectivity index (χ2v) is 8.36. The van der Waals surface area contributed by atoms with Crippen LogP contribution in [-0.2, 0) is 11.3 Å². The van der Waals surface area contributed by atoms with Crippen LogP contribution in [0.5, 0.6) is 5.75 Å². The Labute approximate surface area is 188 Å². The second-order valence-electron chi connectivity index (χ2n) is 8.36. The van der Waals surface area contributed by atoms with Crippen molar-refractivity contribution in [1.82, 2.24) is 25.1 Å². The summed E-state index contributed by atoms with van der Waals surface area (Å²) in [6, 6.07) is 18.8. The first-order valence-electron chi connectivity index (χ1n) is 11.4. The smallest absolute Gasteiger partial charge is 0.173 e. The molecule has 0 aliphatic carbocycles. The van der Waals surface area contributed by atoms with Gasteiger partial charge in [-0.2, -0.15) is 0 Å². The molecular weight excluding hydrogens is 404 g/mol. The number of ether oxygens (including phenoxy) is 2. The van der Waals surface area contributed by atoms with Crippen LogP contribution in [0.1, 0.15) is 30.3 Å². The van der Waals surface area contributed by atoms with Gasteiger partial charge in [-0.15, -0.1) is 5.10 Å². The van der Waals surface area contributed by atoms with E-state index in [1.807, 2.05) is 16.8 Å². The summed E-state index contributed by atoms with van der Waals surface area (Å²) in [5, 5.41) is 12.9. The fourth-order valence-corrected chi connectivity index (χ4v) is 4.79. The van der Waals surface area contributed by atoms with Crippen LogP contribution in [0.3, 0.4) is 0 Å². The Balaban J connectivity index is 1.38. The van der Waals surface area contributed by atoms with E-state index in [4.69, 9.17) is 9.47 Å². The van der Waals surface area contributed by atoms with Gasteiger partial charge in [-0.25, -0.2) is 4.68 Å². The van der Waals surface area contributed by atoms with Gasteiger partial charge < -0.3 is 14.4 Å². The molecule has 168 valence electrons. The predicted octanol–water partition coefficient (Wildman–Crippen LogP) is 2.77. The van der Waals surface area contributed by atoms with Crippen LogP contribution < -0.4 is 9.64 Å². The first-order valence-corrected chi connectivity index (χ1v) is 11.4. The molecule has 3 aromatic rings. The SMILES string of the molecule is COc1ccccc1N1CCN([C@H](c2ccccc2)c2nnnn2C[C@H]2CCCO2)CC1. The van der Waals surface area contributed by atoms with Crippen molar-refractivity contribution in [2.45, 2.75) is 31.5 Å². The number of methoxy groups -OCH3 is 1. The van der Waals surface area contributed by atoms with Crippen LogP contribution in [0.25, 0.3) is 0 Å². The number of aromatic nitrogens is 4. The number of tetrazole rings is 1. The zero-order valence-electron chi connectivity index (χ0n) is 18.5. The molecule has 2 aliphatic heterocycles. The summed E-state index contributed by atoms with van der Waals surface area (Å²) in [6.07, 6.45) is 2.36. The minimum Gasteiger partial charge on any atom is -0.495 e. The Kier molecular flexibility index (Phi) is 6.31. The standard InChI is InChI=1S/C24H30N6O2/c1-31-22-12-6-5-11-21(22)28-13-15-29(16-14-28)23(19-8-3-2-4-9-19)24-25-26-27-30(24)18-20-10-7-17-32-20/h2-6,8-9,11-12,20,23H,7,10,13-18H2,1H3/t20-,23-/m1/s1. The highest BCUT2D eigenvalue weighted by Crippen LogP contribution is 2.32. The van der Waals surface area contributed by atoms with Gasteiger partial charge in [-0.3, -0.25) is 4.90 Å². The maximum Gasteiger partial charge on any atom is 0.173 e. The average molecular weight is 435 g/mol. The fraction of sp³-hybridized carbons (Fsp3) is 0.458. The van der Waals surface area contributed by atoms with Crippen LogP contribution in [0.15, 0.2) is 54.6 Å². The van der Waals surface area contributed by atoms with E-state index in [0.29, 0.717) is 6.54 Å². The third-order valence-corrected chi connectivity index (χ3v) is 6.43. The van der Waals surface area contributed by atoms with E-state index in [9.17, 15) is 0 Å². The molecule has 1 aromatic heterocycles. The van der Waals surface area contributed by atoms with Gasteiger partial charge in [0.1, 0.15) is 5.75 Å². The number of benzene rings is 2. The highest BCUT2D eigenvalue weighted by Gasteiger charge is 2.32. The van der Waals surface area contributed by atoms with Gasteiger partial charge in [-0.1, -0.05) is 42.5 Å². The molecule has 3 heterocycles. The molecule has 8 nitrogen and oxygen atoms in total. The molecule has 0 amide bonds. The molecule has 2 fully saturated rings. The quantitative estimate of drug-likeness (QED) is 0.566. The van der Waals surface area contributed by atoms with E-state index in [1.54, 1.807) is 7.11 Å². The number of para-hydroxylation sites is 2. The van der Waals surface area contributed by atoms with Gasteiger partial charge in [0.25, 0.3) is 0 Å². The molecule has 2 atom stereocenters. The lowest BCUT2D eigenvalue weighted by Gasteiger charge is -2.40. The summed E-state index contributed by atoms with van der Waals surface area (Å²) in [7, 11) is 1.73. The first-order chi connectivity index (χ1) is 15.8. The summed E-state index contributed by atoms with van der Waals surface area (Å²) in [4.78, 5) is 4.88. The summed E-state index contributed by atoms with van der Waals surface area (Å²) < 4.78 is 13.4. The number of nitrogens with zero attached hydrogens (tertiary/aromatic N) is 6. The van der Waals surface area contributed by atoms with Crippen molar-refractivity contribution in [1.29, 1.82) is 0 Å². The number of anilines is 1. The molecule has 0 spiro atoms. The highest BCUT2D eigenvalue weighted by molar-refractivity contribution is 5.58. The predicted molar refractivity (Wildman–Crippen MR) is 122 cm³/mol. The van der Waals surface area contributed by atoms with E-state index in [-0.39, 0.29) is 12.1 Å². The van der Waals surface area contributed by atoms with Crippen molar-refractivity contribution >= 4 is 5.69 Å². The van der Waals surface area contributed by atoms with E-state index in [1.165, 1.54) is 5.56 Å². The largest absolute Gasteiger partial charge is 0.495 e. The van der Waals surface area contributed by atoms with Crippen LogP contribution in [0, 0.1) is 0 Å². The second kappa shape index (κ2) is 9.67. The molecule has 0 saturated carbocycles. The Morgan fingerprint density at radius 1 is 1.03 bits per heavy atom. The molecular formula is C24H30N6O2. The van der Waals surface area contributed by atoms with Crippen molar-refractivity contribution < 1.29 is 9.47 Å². The Morgan fingerprint density at radius 2 is 1.81 bits per heavy atom. The van der Waals surface area contributed by atoms with Crippen molar-refractivity contribution in [2.24, 2.45) is 0 Å². The molecule has 2 aliphatic rings. The molecule has 0 unspecified atom stereocenters. The zero-order chi connectivity index (χ0) is 21.8. The Hall–Kier alpha value is -2.97. The van der Waals surface area contributed by atoms with E-state index >= 15 is 0 Å².